The van der Waals surface area contributed by atoms with Crippen LogP contribution in [0.5, 0.6) is 0 Å². The Morgan fingerprint density at radius 3 is 2.48 bits per heavy atom. The maximum absolute atomic E-state index is 5.99. The fraction of sp³-hybridized carbons (Fsp3) is 0.316. The lowest BCUT2D eigenvalue weighted by molar-refractivity contribution is 0.373. The van der Waals surface area contributed by atoms with E-state index in [0.717, 1.165) is 17.0 Å². The standard InChI is InChI=1S/C19H19NO/c1-3-7-14(8-4-1)16-11-12-18-17(13-16)20-19(21-18)15-9-5-2-6-10-15/h1,3-4,7-8,11-13,15H,2,5-6,9-10H2. The number of fused-ring (bicyclic) bond motifs is 1. The van der Waals surface area contributed by atoms with Gasteiger partial charge in [-0.3, -0.25) is 0 Å². The molecule has 1 aliphatic rings. The number of hydrogen-bond acceptors (Lipinski definition) is 2. The third-order valence-corrected chi connectivity index (χ3v) is 4.47. The van der Waals surface area contributed by atoms with Crippen LogP contribution in [0, 0.1) is 0 Å². The molecule has 2 nitrogen and oxygen atoms in total. The molecule has 106 valence electrons. The lowest BCUT2D eigenvalue weighted by atomic mass is 9.89. The molecule has 21 heavy (non-hydrogen) atoms. The van der Waals surface area contributed by atoms with Gasteiger partial charge in [-0.15, -0.1) is 0 Å². The lowest BCUT2D eigenvalue weighted by Crippen LogP contribution is -2.04. The van der Waals surface area contributed by atoms with Gasteiger partial charge in [-0.25, -0.2) is 4.98 Å². The van der Waals surface area contributed by atoms with E-state index in [1.807, 2.05) is 6.07 Å². The van der Waals surface area contributed by atoms with Crippen molar-refractivity contribution in [3.05, 3.63) is 54.4 Å². The van der Waals surface area contributed by atoms with Crippen molar-refractivity contribution in [3.63, 3.8) is 0 Å². The predicted octanol–water partition coefficient (Wildman–Crippen LogP) is 5.54. The molecule has 0 amide bonds. The van der Waals surface area contributed by atoms with E-state index in [9.17, 15) is 0 Å². The number of aromatic nitrogens is 1. The molecule has 1 saturated carbocycles. The Hall–Kier alpha value is -2.09. The van der Waals surface area contributed by atoms with Crippen LogP contribution in [-0.4, -0.2) is 4.98 Å². The van der Waals surface area contributed by atoms with Crippen molar-refractivity contribution in [1.82, 2.24) is 4.98 Å². The maximum Gasteiger partial charge on any atom is 0.198 e. The highest BCUT2D eigenvalue weighted by Crippen LogP contribution is 2.34. The molecule has 0 spiro atoms. The fourth-order valence-corrected chi connectivity index (χ4v) is 3.28. The zero-order chi connectivity index (χ0) is 14.1. The smallest absolute Gasteiger partial charge is 0.198 e. The summed E-state index contributed by atoms with van der Waals surface area (Å²) in [5.41, 5.74) is 4.32. The Morgan fingerprint density at radius 2 is 1.67 bits per heavy atom. The van der Waals surface area contributed by atoms with Crippen molar-refractivity contribution in [3.8, 4) is 11.1 Å². The molecular formula is C19H19NO. The molecule has 0 saturated heterocycles. The minimum absolute atomic E-state index is 0.520. The Kier molecular flexibility index (Phi) is 3.23. The molecule has 0 unspecified atom stereocenters. The van der Waals surface area contributed by atoms with E-state index in [1.54, 1.807) is 0 Å². The summed E-state index contributed by atoms with van der Waals surface area (Å²) in [6, 6.07) is 16.7. The normalized spacial score (nSPS) is 16.4. The van der Waals surface area contributed by atoms with Gasteiger partial charge in [0, 0.05) is 5.92 Å². The van der Waals surface area contributed by atoms with Gasteiger partial charge < -0.3 is 4.42 Å². The molecule has 0 radical (unpaired) electrons. The monoisotopic (exact) mass is 277 g/mol. The van der Waals surface area contributed by atoms with E-state index >= 15 is 0 Å². The minimum Gasteiger partial charge on any atom is -0.440 e. The molecule has 0 atom stereocenters. The lowest BCUT2D eigenvalue weighted by Gasteiger charge is -2.17. The second-order valence-corrected chi connectivity index (χ2v) is 5.94. The van der Waals surface area contributed by atoms with Gasteiger partial charge >= 0.3 is 0 Å². The Morgan fingerprint density at radius 1 is 0.857 bits per heavy atom. The molecule has 4 rings (SSSR count). The molecule has 2 aromatic carbocycles. The molecule has 2 heteroatoms. The van der Waals surface area contributed by atoms with Gasteiger partial charge in [0.25, 0.3) is 0 Å². The zero-order valence-corrected chi connectivity index (χ0v) is 12.1. The SMILES string of the molecule is c1ccc(-c2ccc3oc(C4CCCCC4)nc3c2)cc1. The average molecular weight is 277 g/mol. The summed E-state index contributed by atoms with van der Waals surface area (Å²) in [6.07, 6.45) is 6.41. The highest BCUT2D eigenvalue weighted by atomic mass is 16.3. The largest absolute Gasteiger partial charge is 0.440 e. The van der Waals surface area contributed by atoms with Gasteiger partial charge in [0.2, 0.25) is 0 Å². The summed E-state index contributed by atoms with van der Waals surface area (Å²) in [6.45, 7) is 0. The molecule has 1 aliphatic carbocycles. The van der Waals surface area contributed by atoms with Gasteiger partial charge in [0.05, 0.1) is 0 Å². The predicted molar refractivity (Wildman–Crippen MR) is 85.3 cm³/mol. The second-order valence-electron chi connectivity index (χ2n) is 5.94. The Balaban J connectivity index is 1.71. The third kappa shape index (κ3) is 2.46. The topological polar surface area (TPSA) is 26.0 Å². The van der Waals surface area contributed by atoms with E-state index in [2.05, 4.69) is 42.5 Å². The van der Waals surface area contributed by atoms with Gasteiger partial charge in [-0.2, -0.15) is 0 Å². The van der Waals surface area contributed by atoms with E-state index in [0.29, 0.717) is 5.92 Å². The van der Waals surface area contributed by atoms with Gasteiger partial charge in [-0.1, -0.05) is 55.7 Å². The van der Waals surface area contributed by atoms with Crippen LogP contribution >= 0.6 is 0 Å². The van der Waals surface area contributed by atoms with E-state index in [1.165, 1.54) is 43.2 Å². The first-order valence-corrected chi connectivity index (χ1v) is 7.86. The Labute approximate surface area is 124 Å². The summed E-state index contributed by atoms with van der Waals surface area (Å²) >= 11 is 0. The van der Waals surface area contributed by atoms with Crippen molar-refractivity contribution in [2.24, 2.45) is 0 Å². The summed E-state index contributed by atoms with van der Waals surface area (Å²) < 4.78 is 5.99. The number of hydrogen-bond donors (Lipinski definition) is 0. The van der Waals surface area contributed by atoms with Gasteiger partial charge in [-0.05, 0) is 36.1 Å². The average Bonchev–Trinajstić information content (AvgIpc) is 2.99. The highest BCUT2D eigenvalue weighted by Gasteiger charge is 2.20. The van der Waals surface area contributed by atoms with E-state index in [4.69, 9.17) is 9.40 Å². The van der Waals surface area contributed by atoms with Crippen LogP contribution in [0.2, 0.25) is 0 Å². The summed E-state index contributed by atoms with van der Waals surface area (Å²) in [5, 5.41) is 0. The minimum atomic E-state index is 0.520. The molecule has 1 fully saturated rings. The number of rotatable bonds is 2. The molecule has 1 aromatic heterocycles. The third-order valence-electron chi connectivity index (χ3n) is 4.47. The number of benzene rings is 2. The summed E-state index contributed by atoms with van der Waals surface area (Å²) in [4.78, 5) is 4.76. The van der Waals surface area contributed by atoms with Crippen molar-refractivity contribution < 1.29 is 4.42 Å². The van der Waals surface area contributed by atoms with Gasteiger partial charge in [0.1, 0.15) is 5.52 Å². The molecule has 3 aromatic rings. The summed E-state index contributed by atoms with van der Waals surface area (Å²) in [5.74, 6) is 1.46. The van der Waals surface area contributed by atoms with Crippen LogP contribution in [-0.2, 0) is 0 Å². The van der Waals surface area contributed by atoms with Crippen LogP contribution in [0.3, 0.4) is 0 Å². The molecule has 0 N–H and O–H groups in total. The number of nitrogens with zero attached hydrogens (tertiary/aromatic N) is 1. The molecule has 0 aliphatic heterocycles. The first-order valence-electron chi connectivity index (χ1n) is 7.86. The van der Waals surface area contributed by atoms with Crippen molar-refractivity contribution in [2.75, 3.05) is 0 Å². The highest BCUT2D eigenvalue weighted by molar-refractivity contribution is 5.80. The molecular weight excluding hydrogens is 258 g/mol. The summed E-state index contributed by atoms with van der Waals surface area (Å²) in [7, 11) is 0. The van der Waals surface area contributed by atoms with Gasteiger partial charge in [0.15, 0.2) is 11.5 Å². The first-order chi connectivity index (χ1) is 10.4. The van der Waals surface area contributed by atoms with Crippen LogP contribution in [0.15, 0.2) is 52.9 Å². The fourth-order valence-electron chi connectivity index (χ4n) is 3.28. The van der Waals surface area contributed by atoms with E-state index < -0.39 is 0 Å². The van der Waals surface area contributed by atoms with Crippen LogP contribution in [0.25, 0.3) is 22.2 Å². The van der Waals surface area contributed by atoms with Crippen molar-refractivity contribution >= 4 is 11.1 Å². The van der Waals surface area contributed by atoms with Crippen molar-refractivity contribution in [1.29, 1.82) is 0 Å². The maximum atomic E-state index is 5.99. The first kappa shape index (κ1) is 12.6. The van der Waals surface area contributed by atoms with Crippen LogP contribution in [0.4, 0.5) is 0 Å². The second kappa shape index (κ2) is 5.36. The zero-order valence-electron chi connectivity index (χ0n) is 12.1. The molecule has 1 heterocycles. The van der Waals surface area contributed by atoms with Crippen LogP contribution < -0.4 is 0 Å². The van der Waals surface area contributed by atoms with Crippen LogP contribution in [0.1, 0.15) is 43.9 Å². The number of oxazole rings is 1. The molecule has 0 bridgehead atoms. The Bertz CT molecular complexity index is 739. The quantitative estimate of drug-likeness (QED) is 0.614. The van der Waals surface area contributed by atoms with Crippen molar-refractivity contribution in [2.45, 2.75) is 38.0 Å². The van der Waals surface area contributed by atoms with E-state index in [-0.39, 0.29) is 0 Å².